The van der Waals surface area contributed by atoms with Crippen LogP contribution in [0.3, 0.4) is 0 Å². The van der Waals surface area contributed by atoms with Crippen molar-refractivity contribution in [3.05, 3.63) is 12.7 Å². The van der Waals surface area contributed by atoms with E-state index in [4.69, 9.17) is 0 Å². The quantitative estimate of drug-likeness (QED) is 0.651. The van der Waals surface area contributed by atoms with Crippen LogP contribution in [0.2, 0.25) is 0 Å². The number of carbonyl (C=O) groups excluding carboxylic acids is 1. The lowest BCUT2D eigenvalue weighted by molar-refractivity contribution is -0.122. The number of nitrogens with one attached hydrogen (secondary N) is 1. The van der Waals surface area contributed by atoms with E-state index >= 15 is 0 Å². The number of imidazole rings is 1. The molecule has 9 nitrogen and oxygen atoms in total. The number of anilines is 1. The summed E-state index contributed by atoms with van der Waals surface area (Å²) in [7, 11) is 0. The van der Waals surface area contributed by atoms with Gasteiger partial charge in [0, 0.05) is 12.6 Å². The summed E-state index contributed by atoms with van der Waals surface area (Å²) >= 11 is 0. The molecule has 2 aromatic heterocycles. The first kappa shape index (κ1) is 16.2. The van der Waals surface area contributed by atoms with E-state index in [0.29, 0.717) is 23.0 Å². The monoisotopic (exact) mass is 346 g/mol. The molecule has 2 aliphatic rings. The molecule has 134 valence electrons. The number of hydrogen-bond donors (Lipinski definition) is 3. The second-order valence-electron chi connectivity index (χ2n) is 6.67. The van der Waals surface area contributed by atoms with Crippen molar-refractivity contribution < 1.29 is 15.0 Å². The number of aliphatic hydroxyl groups excluding tert-OH is 2. The van der Waals surface area contributed by atoms with Gasteiger partial charge >= 0.3 is 0 Å². The Hall–Kier alpha value is -2.26. The van der Waals surface area contributed by atoms with Gasteiger partial charge in [-0.3, -0.25) is 4.79 Å². The van der Waals surface area contributed by atoms with Gasteiger partial charge in [0.25, 0.3) is 0 Å². The molecule has 3 N–H and O–H groups in total. The summed E-state index contributed by atoms with van der Waals surface area (Å²) in [5.41, 5.74) is 1.13. The van der Waals surface area contributed by atoms with Gasteiger partial charge in [0.15, 0.2) is 17.0 Å². The molecule has 1 amide bonds. The molecule has 1 unspecified atom stereocenters. The van der Waals surface area contributed by atoms with Crippen molar-refractivity contribution in [3.8, 4) is 0 Å². The van der Waals surface area contributed by atoms with E-state index in [1.54, 1.807) is 10.9 Å². The molecule has 1 saturated heterocycles. The Bertz CT molecular complexity index is 770. The van der Waals surface area contributed by atoms with Crippen LogP contribution in [0.15, 0.2) is 12.7 Å². The topological polar surface area (TPSA) is 116 Å². The minimum atomic E-state index is -0.500. The molecule has 0 bridgehead atoms. The third-order valence-corrected chi connectivity index (χ3v) is 4.91. The zero-order chi connectivity index (χ0) is 17.4. The first-order valence-corrected chi connectivity index (χ1v) is 8.69. The van der Waals surface area contributed by atoms with Gasteiger partial charge < -0.3 is 25.0 Å². The summed E-state index contributed by atoms with van der Waals surface area (Å²) in [6, 6.07) is -0.412. The van der Waals surface area contributed by atoms with Crippen molar-refractivity contribution >= 4 is 22.9 Å². The van der Waals surface area contributed by atoms with Crippen LogP contribution in [0.1, 0.15) is 31.7 Å². The van der Waals surface area contributed by atoms with E-state index in [-0.39, 0.29) is 25.2 Å². The van der Waals surface area contributed by atoms with E-state index in [1.807, 2.05) is 4.90 Å². The van der Waals surface area contributed by atoms with E-state index in [9.17, 15) is 15.0 Å². The maximum atomic E-state index is 12.5. The number of nitrogens with zero attached hydrogens (tertiary/aromatic N) is 5. The number of aromatic nitrogens is 4. The fourth-order valence-corrected chi connectivity index (χ4v) is 3.37. The summed E-state index contributed by atoms with van der Waals surface area (Å²) in [6.07, 6.45) is 6.82. The standard InChI is InChI=1S/C16H22N6O3/c23-6-11(7-24)22-9-19-13-14(17-8-18-15(13)22)21-5-1-2-12(21)16(25)20-10-3-4-10/h8-12,23-24H,1-7H2,(H,20,25). The van der Waals surface area contributed by atoms with Gasteiger partial charge in [0.1, 0.15) is 12.4 Å². The van der Waals surface area contributed by atoms with Crippen LogP contribution in [0.5, 0.6) is 0 Å². The normalized spacial score (nSPS) is 20.6. The van der Waals surface area contributed by atoms with Gasteiger partial charge in [-0.15, -0.1) is 0 Å². The average molecular weight is 346 g/mol. The molecule has 1 saturated carbocycles. The first-order chi connectivity index (χ1) is 12.2. The lowest BCUT2D eigenvalue weighted by Crippen LogP contribution is -2.44. The van der Waals surface area contributed by atoms with Crippen molar-refractivity contribution in [3.63, 3.8) is 0 Å². The Morgan fingerprint density at radius 3 is 2.76 bits per heavy atom. The number of carbonyl (C=O) groups is 1. The van der Waals surface area contributed by atoms with Gasteiger partial charge in [0.2, 0.25) is 5.91 Å². The molecule has 2 aromatic rings. The molecule has 1 aliphatic heterocycles. The van der Waals surface area contributed by atoms with Crippen molar-refractivity contribution in [2.45, 2.75) is 43.8 Å². The fraction of sp³-hybridized carbons (Fsp3) is 0.625. The Morgan fingerprint density at radius 1 is 1.24 bits per heavy atom. The third-order valence-electron chi connectivity index (χ3n) is 4.91. The highest BCUT2D eigenvalue weighted by Gasteiger charge is 2.36. The second-order valence-corrected chi connectivity index (χ2v) is 6.67. The zero-order valence-electron chi connectivity index (χ0n) is 13.9. The molecular formula is C16H22N6O3. The minimum absolute atomic E-state index is 0.0507. The van der Waals surface area contributed by atoms with Gasteiger partial charge in [-0.05, 0) is 25.7 Å². The molecule has 4 rings (SSSR count). The third kappa shape index (κ3) is 2.93. The van der Waals surface area contributed by atoms with E-state index in [1.165, 1.54) is 6.33 Å². The molecule has 3 heterocycles. The van der Waals surface area contributed by atoms with Gasteiger partial charge in [-0.1, -0.05) is 0 Å². The first-order valence-electron chi connectivity index (χ1n) is 8.69. The molecule has 0 spiro atoms. The molecule has 1 atom stereocenters. The average Bonchev–Trinajstić information content (AvgIpc) is 3.13. The Morgan fingerprint density at radius 2 is 2.04 bits per heavy atom. The number of fused-ring (bicyclic) bond motifs is 1. The molecular weight excluding hydrogens is 324 g/mol. The Balaban J connectivity index is 1.67. The maximum absolute atomic E-state index is 12.5. The van der Waals surface area contributed by atoms with Gasteiger partial charge in [-0.25, -0.2) is 15.0 Å². The van der Waals surface area contributed by atoms with Crippen LogP contribution in [-0.4, -0.2) is 67.5 Å². The SMILES string of the molecule is O=C(NC1CC1)C1CCCN1c1ncnc2c1ncn2C(CO)CO. The summed E-state index contributed by atoms with van der Waals surface area (Å²) in [4.78, 5) is 27.5. The molecule has 1 aliphatic carbocycles. The van der Waals surface area contributed by atoms with Crippen molar-refractivity contribution in [2.75, 3.05) is 24.7 Å². The van der Waals surface area contributed by atoms with Crippen LogP contribution in [0, 0.1) is 0 Å². The number of amides is 1. The molecule has 9 heteroatoms. The second kappa shape index (κ2) is 6.57. The summed E-state index contributed by atoms with van der Waals surface area (Å²) in [5.74, 6) is 0.682. The smallest absolute Gasteiger partial charge is 0.242 e. The lowest BCUT2D eigenvalue weighted by atomic mass is 10.2. The zero-order valence-corrected chi connectivity index (χ0v) is 13.9. The van der Waals surface area contributed by atoms with Gasteiger partial charge in [0.05, 0.1) is 25.6 Å². The van der Waals surface area contributed by atoms with Crippen molar-refractivity contribution in [1.29, 1.82) is 0 Å². The fourth-order valence-electron chi connectivity index (χ4n) is 3.37. The van der Waals surface area contributed by atoms with Crippen molar-refractivity contribution in [1.82, 2.24) is 24.8 Å². The van der Waals surface area contributed by atoms with E-state index in [0.717, 1.165) is 32.2 Å². The van der Waals surface area contributed by atoms with E-state index in [2.05, 4.69) is 20.3 Å². The van der Waals surface area contributed by atoms with Crippen LogP contribution in [0.4, 0.5) is 5.82 Å². The predicted octanol–water partition coefficient (Wildman–Crippen LogP) is -0.401. The van der Waals surface area contributed by atoms with Crippen LogP contribution < -0.4 is 10.2 Å². The largest absolute Gasteiger partial charge is 0.394 e. The molecule has 0 aromatic carbocycles. The van der Waals surface area contributed by atoms with Crippen LogP contribution in [-0.2, 0) is 4.79 Å². The highest BCUT2D eigenvalue weighted by Crippen LogP contribution is 2.30. The number of aliphatic hydroxyl groups is 2. The van der Waals surface area contributed by atoms with Crippen LogP contribution in [0.25, 0.3) is 11.2 Å². The number of hydrogen-bond acceptors (Lipinski definition) is 7. The summed E-state index contributed by atoms with van der Waals surface area (Å²) in [6.45, 7) is 0.319. The van der Waals surface area contributed by atoms with Crippen LogP contribution >= 0.6 is 0 Å². The summed E-state index contributed by atoms with van der Waals surface area (Å²) < 4.78 is 1.65. The van der Waals surface area contributed by atoms with E-state index < -0.39 is 6.04 Å². The molecule has 25 heavy (non-hydrogen) atoms. The minimum Gasteiger partial charge on any atom is -0.394 e. The maximum Gasteiger partial charge on any atom is 0.242 e. The lowest BCUT2D eigenvalue weighted by Gasteiger charge is -2.25. The Kier molecular flexibility index (Phi) is 4.26. The van der Waals surface area contributed by atoms with Crippen molar-refractivity contribution in [2.24, 2.45) is 0 Å². The predicted molar refractivity (Wildman–Crippen MR) is 90.1 cm³/mol. The molecule has 2 fully saturated rings. The Labute approximate surface area is 144 Å². The highest BCUT2D eigenvalue weighted by molar-refractivity contribution is 5.90. The van der Waals surface area contributed by atoms with Gasteiger partial charge in [-0.2, -0.15) is 0 Å². The number of rotatable bonds is 6. The highest BCUT2D eigenvalue weighted by atomic mass is 16.3. The molecule has 0 radical (unpaired) electrons. The summed E-state index contributed by atoms with van der Waals surface area (Å²) in [5, 5.41) is 21.9.